The van der Waals surface area contributed by atoms with Gasteiger partial charge in [-0.15, -0.1) is 0 Å². The molecule has 0 bridgehead atoms. The Morgan fingerprint density at radius 1 is 1.15 bits per heavy atom. The van der Waals surface area contributed by atoms with Crippen LogP contribution in [-0.2, 0) is 9.53 Å². The summed E-state index contributed by atoms with van der Waals surface area (Å²) in [5.41, 5.74) is 2.67. The number of halogens is 2. The number of aryl methyl sites for hydroxylation is 1. The van der Waals surface area contributed by atoms with Crippen LogP contribution in [0.1, 0.15) is 51.2 Å². The molecule has 33 heavy (non-hydrogen) atoms. The fourth-order valence-electron chi connectivity index (χ4n) is 4.81. The highest BCUT2D eigenvalue weighted by atomic mass is 35.5. The van der Waals surface area contributed by atoms with Crippen molar-refractivity contribution in [3.8, 4) is 0 Å². The lowest BCUT2D eigenvalue weighted by atomic mass is 9.75. The van der Waals surface area contributed by atoms with Crippen molar-refractivity contribution in [1.29, 1.82) is 0 Å². The molecule has 1 saturated carbocycles. The average Bonchev–Trinajstić information content (AvgIpc) is 2.73. The summed E-state index contributed by atoms with van der Waals surface area (Å²) in [5.74, 6) is 1.79. The molecule has 1 aliphatic rings. The molecular formula is C27H34Cl2N2O2. The number of carbonyl (C=O) groups excluding carboxylic acids is 1. The second-order valence-electron chi connectivity index (χ2n) is 9.43. The number of para-hydroxylation sites is 1. The van der Waals surface area contributed by atoms with Crippen molar-refractivity contribution in [2.24, 2.45) is 22.7 Å². The van der Waals surface area contributed by atoms with Gasteiger partial charge in [0.15, 0.2) is 0 Å². The van der Waals surface area contributed by atoms with Gasteiger partial charge in [-0.1, -0.05) is 68.6 Å². The standard InChI is InChI=1S/C27H34Cl2N2O2/c1-17(2)23-11-10-18(3)12-25(23)33-26(32)16-31(24-9-7-6-8-19(24)4)27(30-5)20-13-21(28)15-22(29)14-20/h6-9,13-15,17-18,23,25H,10-12,16H2,1-5H3/t18-,23+,25-/m1/s1. The zero-order chi connectivity index (χ0) is 24.1. The molecular weight excluding hydrogens is 455 g/mol. The second kappa shape index (κ2) is 11.4. The quantitative estimate of drug-likeness (QED) is 0.245. The van der Waals surface area contributed by atoms with Crippen molar-refractivity contribution in [3.05, 3.63) is 63.6 Å². The lowest BCUT2D eigenvalue weighted by molar-refractivity contribution is -0.154. The Hall–Kier alpha value is -2.04. The minimum Gasteiger partial charge on any atom is -0.461 e. The van der Waals surface area contributed by atoms with Gasteiger partial charge in [-0.2, -0.15) is 0 Å². The van der Waals surface area contributed by atoms with E-state index in [9.17, 15) is 4.79 Å². The molecule has 0 N–H and O–H groups in total. The molecule has 178 valence electrons. The minimum atomic E-state index is -0.253. The lowest BCUT2D eigenvalue weighted by Gasteiger charge is -2.37. The first-order valence-electron chi connectivity index (χ1n) is 11.7. The number of rotatable bonds is 6. The predicted octanol–water partition coefficient (Wildman–Crippen LogP) is 7.19. The summed E-state index contributed by atoms with van der Waals surface area (Å²) in [6.07, 6.45) is 3.15. The highest BCUT2D eigenvalue weighted by molar-refractivity contribution is 6.35. The third-order valence-corrected chi connectivity index (χ3v) is 6.96. The van der Waals surface area contributed by atoms with Gasteiger partial charge in [0, 0.05) is 28.3 Å². The molecule has 0 aliphatic heterocycles. The molecule has 4 nitrogen and oxygen atoms in total. The molecule has 6 heteroatoms. The molecule has 0 spiro atoms. The molecule has 0 amide bonds. The number of amidine groups is 1. The summed E-state index contributed by atoms with van der Waals surface area (Å²) >= 11 is 12.6. The SMILES string of the molecule is CN=C(c1cc(Cl)cc(Cl)c1)N(CC(=O)O[C@@H]1C[C@H](C)CC[C@H]1C(C)C)c1ccccc1C. The van der Waals surface area contributed by atoms with E-state index >= 15 is 0 Å². The maximum Gasteiger partial charge on any atom is 0.326 e. The first-order chi connectivity index (χ1) is 15.7. The summed E-state index contributed by atoms with van der Waals surface area (Å²) in [6.45, 7) is 8.74. The molecule has 1 fully saturated rings. The van der Waals surface area contributed by atoms with Gasteiger partial charge in [-0.05, 0) is 67.3 Å². The molecule has 2 aromatic carbocycles. The van der Waals surface area contributed by atoms with Crippen LogP contribution in [0.25, 0.3) is 0 Å². The van der Waals surface area contributed by atoms with E-state index < -0.39 is 0 Å². The van der Waals surface area contributed by atoms with Crippen molar-refractivity contribution in [2.45, 2.75) is 53.1 Å². The van der Waals surface area contributed by atoms with Gasteiger partial charge in [-0.3, -0.25) is 9.79 Å². The minimum absolute atomic E-state index is 0.0529. The Balaban J connectivity index is 1.92. The van der Waals surface area contributed by atoms with E-state index in [0.717, 1.165) is 29.7 Å². The van der Waals surface area contributed by atoms with Gasteiger partial charge in [0.05, 0.1) is 0 Å². The molecule has 0 radical (unpaired) electrons. The summed E-state index contributed by atoms with van der Waals surface area (Å²) in [5, 5.41) is 1.03. The van der Waals surface area contributed by atoms with Crippen molar-refractivity contribution < 1.29 is 9.53 Å². The van der Waals surface area contributed by atoms with Crippen LogP contribution in [0, 0.1) is 24.7 Å². The first kappa shape index (κ1) is 25.6. The predicted molar refractivity (Wildman–Crippen MR) is 139 cm³/mol. The average molecular weight is 489 g/mol. The Morgan fingerprint density at radius 2 is 1.82 bits per heavy atom. The third-order valence-electron chi connectivity index (χ3n) is 6.53. The van der Waals surface area contributed by atoms with Crippen LogP contribution < -0.4 is 4.90 Å². The van der Waals surface area contributed by atoms with Gasteiger partial charge in [0.2, 0.25) is 0 Å². The van der Waals surface area contributed by atoms with Gasteiger partial charge >= 0.3 is 5.97 Å². The van der Waals surface area contributed by atoms with Crippen LogP contribution in [0.2, 0.25) is 10.0 Å². The molecule has 1 aliphatic carbocycles. The Morgan fingerprint density at radius 3 is 2.42 bits per heavy atom. The molecule has 0 saturated heterocycles. The lowest BCUT2D eigenvalue weighted by Crippen LogP contribution is -2.41. The van der Waals surface area contributed by atoms with Crippen molar-refractivity contribution in [2.75, 3.05) is 18.5 Å². The zero-order valence-electron chi connectivity index (χ0n) is 20.1. The summed E-state index contributed by atoms with van der Waals surface area (Å²) in [7, 11) is 1.71. The molecule has 3 rings (SSSR count). The molecule has 0 unspecified atom stereocenters. The van der Waals surface area contributed by atoms with Crippen molar-refractivity contribution >= 4 is 40.7 Å². The van der Waals surface area contributed by atoms with Gasteiger partial charge < -0.3 is 9.64 Å². The summed E-state index contributed by atoms with van der Waals surface area (Å²) < 4.78 is 6.12. The number of benzene rings is 2. The van der Waals surface area contributed by atoms with E-state index in [1.165, 1.54) is 6.42 Å². The van der Waals surface area contributed by atoms with Crippen LogP contribution in [0.3, 0.4) is 0 Å². The topological polar surface area (TPSA) is 41.9 Å². The van der Waals surface area contributed by atoms with Crippen LogP contribution in [0.5, 0.6) is 0 Å². The highest BCUT2D eigenvalue weighted by Gasteiger charge is 2.34. The molecule has 3 atom stereocenters. The van der Waals surface area contributed by atoms with E-state index in [-0.39, 0.29) is 18.6 Å². The number of aliphatic imine (C=N–C) groups is 1. The monoisotopic (exact) mass is 488 g/mol. The maximum absolute atomic E-state index is 13.3. The van der Waals surface area contributed by atoms with Crippen LogP contribution in [0.4, 0.5) is 5.69 Å². The number of anilines is 1. The molecule has 0 heterocycles. The number of hydrogen-bond donors (Lipinski definition) is 0. The van der Waals surface area contributed by atoms with Gasteiger partial charge in [-0.25, -0.2) is 0 Å². The van der Waals surface area contributed by atoms with Gasteiger partial charge in [0.1, 0.15) is 18.5 Å². The maximum atomic E-state index is 13.3. The number of nitrogens with zero attached hydrogens (tertiary/aromatic N) is 2. The smallest absolute Gasteiger partial charge is 0.326 e. The van der Waals surface area contributed by atoms with E-state index in [2.05, 4.69) is 25.8 Å². The molecule has 0 aromatic heterocycles. The van der Waals surface area contributed by atoms with Gasteiger partial charge in [0.25, 0.3) is 0 Å². The Kier molecular flexibility index (Phi) is 8.83. The zero-order valence-corrected chi connectivity index (χ0v) is 21.7. The highest BCUT2D eigenvalue weighted by Crippen LogP contribution is 2.35. The van der Waals surface area contributed by atoms with E-state index in [4.69, 9.17) is 27.9 Å². The Bertz CT molecular complexity index is 985. The van der Waals surface area contributed by atoms with E-state index in [0.29, 0.717) is 33.6 Å². The number of esters is 1. The number of ether oxygens (including phenoxy) is 1. The number of hydrogen-bond acceptors (Lipinski definition) is 3. The Labute approximate surface area is 207 Å². The van der Waals surface area contributed by atoms with Crippen LogP contribution in [0.15, 0.2) is 47.5 Å². The van der Waals surface area contributed by atoms with E-state index in [1.807, 2.05) is 48.2 Å². The van der Waals surface area contributed by atoms with E-state index in [1.54, 1.807) is 13.1 Å². The first-order valence-corrected chi connectivity index (χ1v) is 12.4. The fraction of sp³-hybridized carbons (Fsp3) is 0.481. The van der Waals surface area contributed by atoms with Crippen molar-refractivity contribution in [1.82, 2.24) is 0 Å². The second-order valence-corrected chi connectivity index (χ2v) is 10.3. The van der Waals surface area contributed by atoms with Crippen LogP contribution in [-0.4, -0.2) is 31.5 Å². The van der Waals surface area contributed by atoms with Crippen molar-refractivity contribution in [3.63, 3.8) is 0 Å². The normalized spacial score (nSPS) is 21.2. The fourth-order valence-corrected chi connectivity index (χ4v) is 5.34. The third kappa shape index (κ3) is 6.51. The largest absolute Gasteiger partial charge is 0.461 e. The van der Waals surface area contributed by atoms with Crippen LogP contribution >= 0.6 is 23.2 Å². The summed E-state index contributed by atoms with van der Waals surface area (Å²) in [4.78, 5) is 19.7. The summed E-state index contributed by atoms with van der Waals surface area (Å²) in [6, 6.07) is 13.2. The number of carbonyl (C=O) groups is 1. The molecule has 2 aromatic rings.